The van der Waals surface area contributed by atoms with Crippen molar-refractivity contribution in [3.8, 4) is 11.1 Å². The van der Waals surface area contributed by atoms with Gasteiger partial charge in [-0.2, -0.15) is 0 Å². The maximum atomic E-state index is 12.5. The number of nitro benzene ring substituents is 1. The van der Waals surface area contributed by atoms with Crippen molar-refractivity contribution >= 4 is 22.6 Å². The van der Waals surface area contributed by atoms with Crippen LogP contribution >= 0.6 is 0 Å². The van der Waals surface area contributed by atoms with E-state index < -0.39 is 10.9 Å². The highest BCUT2D eigenvalue weighted by atomic mass is 35.5. The Hall–Kier alpha value is -2.99. The van der Waals surface area contributed by atoms with Crippen LogP contribution in [0.2, 0.25) is 0 Å². The van der Waals surface area contributed by atoms with Crippen LogP contribution in [0.4, 0.5) is 5.69 Å². The van der Waals surface area contributed by atoms with Crippen LogP contribution in [0.15, 0.2) is 48.5 Å². The Balaban J connectivity index is 0.00000243. The van der Waals surface area contributed by atoms with Crippen molar-refractivity contribution in [1.29, 1.82) is 0 Å². The molecule has 26 heavy (non-hydrogen) atoms. The minimum absolute atomic E-state index is 0. The molecule has 0 saturated heterocycles. The number of nitro groups is 1. The van der Waals surface area contributed by atoms with Crippen LogP contribution in [0.25, 0.3) is 22.0 Å². The molecular formula is C19H16ClN2O4-. The molecule has 0 saturated carbocycles. The summed E-state index contributed by atoms with van der Waals surface area (Å²) in [6, 6.07) is 13.7. The summed E-state index contributed by atoms with van der Waals surface area (Å²) < 4.78 is 5.18. The first-order valence-corrected chi connectivity index (χ1v) is 7.84. The lowest BCUT2D eigenvalue weighted by molar-refractivity contribution is -0.384. The van der Waals surface area contributed by atoms with Gasteiger partial charge in [0.25, 0.3) is 5.69 Å². The molecule has 134 valence electrons. The maximum absolute atomic E-state index is 12.5. The Morgan fingerprint density at radius 3 is 2.50 bits per heavy atom. The van der Waals surface area contributed by atoms with Crippen molar-refractivity contribution in [3.63, 3.8) is 0 Å². The number of aromatic nitrogens is 1. The van der Waals surface area contributed by atoms with Gasteiger partial charge in [-0.1, -0.05) is 30.3 Å². The summed E-state index contributed by atoms with van der Waals surface area (Å²) in [5.41, 5.74) is 2.78. The minimum Gasteiger partial charge on any atom is -1.00 e. The van der Waals surface area contributed by atoms with Gasteiger partial charge in [0.15, 0.2) is 0 Å². The average Bonchev–Trinajstić information content (AvgIpc) is 2.61. The van der Waals surface area contributed by atoms with Crippen molar-refractivity contribution in [3.05, 3.63) is 69.9 Å². The zero-order valence-corrected chi connectivity index (χ0v) is 15.0. The van der Waals surface area contributed by atoms with Crippen molar-refractivity contribution in [2.45, 2.75) is 13.8 Å². The second-order valence-corrected chi connectivity index (χ2v) is 5.49. The minimum atomic E-state index is -0.486. The van der Waals surface area contributed by atoms with Crippen LogP contribution in [0.1, 0.15) is 23.0 Å². The average molecular weight is 372 g/mol. The number of benzene rings is 2. The molecule has 3 rings (SSSR count). The second kappa shape index (κ2) is 7.93. The molecule has 3 aromatic rings. The first-order valence-electron chi connectivity index (χ1n) is 7.84. The largest absolute Gasteiger partial charge is 1.00 e. The topological polar surface area (TPSA) is 82.3 Å². The monoisotopic (exact) mass is 371 g/mol. The van der Waals surface area contributed by atoms with Gasteiger partial charge < -0.3 is 17.1 Å². The molecule has 7 heteroatoms. The van der Waals surface area contributed by atoms with Gasteiger partial charge in [0.1, 0.15) is 0 Å². The number of aryl methyl sites for hydroxylation is 1. The number of esters is 1. The molecular weight excluding hydrogens is 356 g/mol. The molecule has 0 bridgehead atoms. The Labute approximate surface area is 156 Å². The van der Waals surface area contributed by atoms with E-state index in [2.05, 4.69) is 4.98 Å². The summed E-state index contributed by atoms with van der Waals surface area (Å²) in [5, 5.41) is 11.7. The summed E-state index contributed by atoms with van der Waals surface area (Å²) in [5.74, 6) is -0.486. The molecule has 0 spiro atoms. The quantitative estimate of drug-likeness (QED) is 0.392. The van der Waals surface area contributed by atoms with Crippen LogP contribution in [-0.4, -0.2) is 22.5 Å². The zero-order valence-electron chi connectivity index (χ0n) is 14.2. The van der Waals surface area contributed by atoms with Gasteiger partial charge in [-0.05, 0) is 25.5 Å². The summed E-state index contributed by atoms with van der Waals surface area (Å²) in [4.78, 5) is 27.7. The highest BCUT2D eigenvalue weighted by Crippen LogP contribution is 2.35. The lowest BCUT2D eigenvalue weighted by Gasteiger charge is -2.14. The fourth-order valence-corrected chi connectivity index (χ4v) is 2.85. The first kappa shape index (κ1) is 19.3. The van der Waals surface area contributed by atoms with Crippen LogP contribution in [0.5, 0.6) is 0 Å². The van der Waals surface area contributed by atoms with Crippen LogP contribution in [0.3, 0.4) is 0 Å². The highest BCUT2D eigenvalue weighted by Gasteiger charge is 2.22. The van der Waals surface area contributed by atoms with Crippen LogP contribution in [-0.2, 0) is 4.74 Å². The van der Waals surface area contributed by atoms with E-state index in [9.17, 15) is 14.9 Å². The molecule has 0 atom stereocenters. The maximum Gasteiger partial charge on any atom is 0.340 e. The van der Waals surface area contributed by atoms with E-state index in [-0.39, 0.29) is 24.7 Å². The Bertz CT molecular complexity index is 974. The Morgan fingerprint density at radius 1 is 1.19 bits per heavy atom. The summed E-state index contributed by atoms with van der Waals surface area (Å²) >= 11 is 0. The molecule has 6 nitrogen and oxygen atoms in total. The van der Waals surface area contributed by atoms with Gasteiger partial charge in [-0.25, -0.2) is 4.79 Å². The summed E-state index contributed by atoms with van der Waals surface area (Å²) in [6.07, 6.45) is 0. The molecule has 0 unspecified atom stereocenters. The number of ether oxygens (including phenoxy) is 1. The predicted molar refractivity (Wildman–Crippen MR) is 94.5 cm³/mol. The van der Waals surface area contributed by atoms with Gasteiger partial charge in [0, 0.05) is 23.1 Å². The SMILES string of the molecule is CCOC(=O)c1c(C)nc2ccc([N+](=O)[O-])cc2c1-c1ccccc1.[Cl-]. The van der Waals surface area contributed by atoms with Gasteiger partial charge >= 0.3 is 5.97 Å². The number of halogens is 1. The van der Waals surface area contributed by atoms with E-state index in [1.165, 1.54) is 12.1 Å². The molecule has 0 N–H and O–H groups in total. The van der Waals surface area contributed by atoms with Gasteiger partial charge in [-0.15, -0.1) is 0 Å². The number of non-ortho nitro benzene ring substituents is 1. The number of fused-ring (bicyclic) bond motifs is 1. The number of carbonyl (C=O) groups is 1. The van der Waals surface area contributed by atoms with E-state index in [0.29, 0.717) is 27.7 Å². The number of nitrogens with zero attached hydrogens (tertiary/aromatic N) is 2. The van der Waals surface area contributed by atoms with Crippen LogP contribution in [0, 0.1) is 17.0 Å². The number of pyridine rings is 1. The predicted octanol–water partition coefficient (Wildman–Crippen LogP) is 1.30. The molecule has 0 aliphatic rings. The Kier molecular flexibility index (Phi) is 5.90. The normalized spacial score (nSPS) is 10.2. The molecule has 1 aromatic heterocycles. The van der Waals surface area contributed by atoms with E-state index in [0.717, 1.165) is 5.56 Å². The van der Waals surface area contributed by atoms with E-state index in [1.807, 2.05) is 30.3 Å². The summed E-state index contributed by atoms with van der Waals surface area (Å²) in [6.45, 7) is 3.70. The summed E-state index contributed by atoms with van der Waals surface area (Å²) in [7, 11) is 0. The molecule has 2 aromatic carbocycles. The first-order chi connectivity index (χ1) is 12.0. The Morgan fingerprint density at radius 2 is 1.88 bits per heavy atom. The second-order valence-electron chi connectivity index (χ2n) is 5.49. The molecule has 0 aliphatic heterocycles. The van der Waals surface area contributed by atoms with Crippen molar-refractivity contribution in [2.75, 3.05) is 6.61 Å². The van der Waals surface area contributed by atoms with Crippen molar-refractivity contribution in [2.24, 2.45) is 0 Å². The smallest absolute Gasteiger partial charge is 0.340 e. The highest BCUT2D eigenvalue weighted by molar-refractivity contribution is 6.08. The van der Waals surface area contributed by atoms with E-state index in [4.69, 9.17) is 4.74 Å². The van der Waals surface area contributed by atoms with Gasteiger partial charge in [0.05, 0.1) is 28.3 Å². The standard InChI is InChI=1S/C19H16N2O4.ClH/c1-3-25-19(22)17-12(2)20-16-10-9-14(21(23)24)11-15(16)18(17)13-7-5-4-6-8-13;/h4-11H,3H2,1-2H3;1H/p-1. The van der Waals surface area contributed by atoms with E-state index in [1.54, 1.807) is 19.9 Å². The fourth-order valence-electron chi connectivity index (χ4n) is 2.85. The molecule has 0 amide bonds. The fraction of sp³-hybridized carbons (Fsp3) is 0.158. The molecule has 0 aliphatic carbocycles. The third-order valence-electron chi connectivity index (χ3n) is 3.90. The van der Waals surface area contributed by atoms with E-state index >= 15 is 0 Å². The lowest BCUT2D eigenvalue weighted by Crippen LogP contribution is -3.00. The number of hydrogen-bond acceptors (Lipinski definition) is 5. The molecule has 0 radical (unpaired) electrons. The third kappa shape index (κ3) is 3.50. The number of hydrogen-bond donors (Lipinski definition) is 0. The number of carbonyl (C=O) groups excluding carboxylic acids is 1. The van der Waals surface area contributed by atoms with Gasteiger partial charge in [0.2, 0.25) is 0 Å². The zero-order chi connectivity index (χ0) is 18.0. The molecule has 1 heterocycles. The third-order valence-corrected chi connectivity index (χ3v) is 3.90. The van der Waals surface area contributed by atoms with Crippen LogP contribution < -0.4 is 12.4 Å². The molecule has 0 fully saturated rings. The number of rotatable bonds is 4. The van der Waals surface area contributed by atoms with Gasteiger partial charge in [-0.3, -0.25) is 15.1 Å². The van der Waals surface area contributed by atoms with Crippen molar-refractivity contribution < 1.29 is 26.9 Å². The van der Waals surface area contributed by atoms with Crippen molar-refractivity contribution in [1.82, 2.24) is 4.98 Å². The lowest BCUT2D eigenvalue weighted by atomic mass is 9.94.